The third-order valence-corrected chi connectivity index (χ3v) is 7.42. The van der Waals surface area contributed by atoms with E-state index in [1.807, 2.05) is 49.4 Å². The molecule has 0 amide bonds. The Morgan fingerprint density at radius 1 is 0.868 bits per heavy atom. The topological polar surface area (TPSA) is 43.3 Å². The summed E-state index contributed by atoms with van der Waals surface area (Å²) in [7, 11) is 0. The van der Waals surface area contributed by atoms with Crippen LogP contribution in [0.1, 0.15) is 87.8 Å². The molecule has 2 atom stereocenters. The molecule has 2 heterocycles. The van der Waals surface area contributed by atoms with Crippen LogP contribution in [-0.4, -0.2) is 23.9 Å². The van der Waals surface area contributed by atoms with Crippen molar-refractivity contribution in [3.63, 3.8) is 0 Å². The number of hydrogen-bond donors (Lipinski definition) is 0. The van der Waals surface area contributed by atoms with Gasteiger partial charge in [0.15, 0.2) is 0 Å². The number of ether oxygens (including phenoxy) is 3. The van der Waals surface area contributed by atoms with Crippen LogP contribution in [-0.2, 0) is 0 Å². The predicted octanol–water partition coefficient (Wildman–Crippen LogP) is 8.72. The van der Waals surface area contributed by atoms with E-state index in [2.05, 4.69) is 36.2 Å². The Morgan fingerprint density at radius 2 is 1.58 bits per heavy atom. The van der Waals surface area contributed by atoms with Gasteiger partial charge in [-0.1, -0.05) is 50.6 Å². The molecule has 0 aromatic heterocycles. The molecule has 2 aliphatic heterocycles. The van der Waals surface area contributed by atoms with E-state index in [1.54, 1.807) is 0 Å². The van der Waals surface area contributed by atoms with E-state index in [1.165, 1.54) is 32.1 Å². The molecule has 0 N–H and O–H groups in total. The van der Waals surface area contributed by atoms with E-state index in [9.17, 15) is 0 Å². The number of fused-ring (bicyclic) bond motifs is 3. The second kappa shape index (κ2) is 12.6. The monoisotopic (exact) mass is 532 g/mol. The van der Waals surface area contributed by atoms with Gasteiger partial charge in [0.05, 0.1) is 25.0 Å². The first-order valence-electron chi connectivity index (χ1n) is 13.9. The molecule has 0 spiro atoms. The van der Waals surface area contributed by atoms with Crippen molar-refractivity contribution in [1.82, 2.24) is 5.01 Å². The molecule has 3 aromatic carbocycles. The van der Waals surface area contributed by atoms with Crippen LogP contribution in [0.3, 0.4) is 0 Å². The first-order chi connectivity index (χ1) is 18.7. The lowest BCUT2D eigenvalue weighted by molar-refractivity contribution is -0.0190. The predicted molar refractivity (Wildman–Crippen MR) is 153 cm³/mol. The van der Waals surface area contributed by atoms with E-state index in [0.29, 0.717) is 11.6 Å². The van der Waals surface area contributed by atoms with Crippen LogP contribution in [0.2, 0.25) is 5.02 Å². The highest BCUT2D eigenvalue weighted by molar-refractivity contribution is 6.30. The average Bonchev–Trinajstić information content (AvgIpc) is 3.39. The Morgan fingerprint density at radius 3 is 2.34 bits per heavy atom. The van der Waals surface area contributed by atoms with Crippen molar-refractivity contribution >= 4 is 17.3 Å². The Hall–Kier alpha value is -3.18. The molecule has 38 heavy (non-hydrogen) atoms. The quantitative estimate of drug-likeness (QED) is 0.219. The smallest absolute Gasteiger partial charge is 0.213 e. The molecule has 2 aliphatic rings. The third kappa shape index (κ3) is 6.10. The van der Waals surface area contributed by atoms with Gasteiger partial charge in [-0.2, -0.15) is 5.10 Å². The van der Waals surface area contributed by atoms with E-state index >= 15 is 0 Å². The Kier molecular flexibility index (Phi) is 8.75. The van der Waals surface area contributed by atoms with Gasteiger partial charge in [0.2, 0.25) is 6.23 Å². The number of rotatable bonds is 12. The van der Waals surface area contributed by atoms with Gasteiger partial charge in [-0.15, -0.1) is 0 Å². The summed E-state index contributed by atoms with van der Waals surface area (Å²) >= 11 is 6.38. The van der Waals surface area contributed by atoms with Crippen LogP contribution in [0.5, 0.6) is 17.2 Å². The Labute approximate surface area is 231 Å². The van der Waals surface area contributed by atoms with Gasteiger partial charge in [-0.05, 0) is 85.6 Å². The molecule has 200 valence electrons. The normalized spacial score (nSPS) is 17.9. The summed E-state index contributed by atoms with van der Waals surface area (Å²) in [6, 6.07) is 22.3. The van der Waals surface area contributed by atoms with Gasteiger partial charge in [-0.25, -0.2) is 5.01 Å². The highest BCUT2D eigenvalue weighted by Crippen LogP contribution is 2.48. The molecule has 3 aromatic rings. The van der Waals surface area contributed by atoms with Crippen molar-refractivity contribution in [1.29, 1.82) is 0 Å². The summed E-state index contributed by atoms with van der Waals surface area (Å²) < 4.78 is 18.1. The van der Waals surface area contributed by atoms with Crippen molar-refractivity contribution in [2.75, 3.05) is 13.2 Å². The zero-order valence-electron chi connectivity index (χ0n) is 22.4. The van der Waals surface area contributed by atoms with Gasteiger partial charge >= 0.3 is 0 Å². The second-order valence-corrected chi connectivity index (χ2v) is 10.4. The van der Waals surface area contributed by atoms with Crippen molar-refractivity contribution in [3.8, 4) is 17.2 Å². The van der Waals surface area contributed by atoms with Gasteiger partial charge < -0.3 is 14.2 Å². The Balaban J connectivity index is 1.32. The minimum atomic E-state index is -0.332. The molecule has 5 rings (SSSR count). The lowest BCUT2D eigenvalue weighted by Gasteiger charge is -2.38. The molecule has 0 saturated heterocycles. The number of hydrazone groups is 1. The molecule has 0 unspecified atom stereocenters. The zero-order valence-corrected chi connectivity index (χ0v) is 23.1. The molecule has 0 fully saturated rings. The number of nitrogens with zero attached hydrogens (tertiary/aromatic N) is 2. The lowest BCUT2D eigenvalue weighted by atomic mass is 9.96. The maximum Gasteiger partial charge on any atom is 0.213 e. The van der Waals surface area contributed by atoms with Crippen LogP contribution < -0.4 is 14.2 Å². The van der Waals surface area contributed by atoms with Crippen molar-refractivity contribution in [3.05, 3.63) is 88.4 Å². The fourth-order valence-corrected chi connectivity index (χ4v) is 5.34. The first-order valence-corrected chi connectivity index (χ1v) is 14.3. The summed E-state index contributed by atoms with van der Waals surface area (Å²) in [4.78, 5) is 0. The maximum atomic E-state index is 6.51. The summed E-state index contributed by atoms with van der Waals surface area (Å²) in [6.45, 7) is 5.64. The molecule has 5 nitrogen and oxygen atoms in total. The number of unbranched alkanes of at least 4 members (excludes halogenated alkanes) is 5. The second-order valence-electron chi connectivity index (χ2n) is 9.94. The molecule has 0 aliphatic carbocycles. The van der Waals surface area contributed by atoms with Crippen molar-refractivity contribution < 1.29 is 14.2 Å². The summed E-state index contributed by atoms with van der Waals surface area (Å²) in [5, 5.41) is 7.85. The zero-order chi connectivity index (χ0) is 26.3. The van der Waals surface area contributed by atoms with E-state index in [0.717, 1.165) is 59.1 Å². The molecular formula is C32H37ClN2O3. The van der Waals surface area contributed by atoms with Gasteiger partial charge in [0.1, 0.15) is 17.2 Å². The van der Waals surface area contributed by atoms with Gasteiger partial charge in [0, 0.05) is 22.6 Å². The first kappa shape index (κ1) is 26.4. The largest absolute Gasteiger partial charge is 0.494 e. The number of hydrogen-bond acceptors (Lipinski definition) is 5. The molecule has 0 bridgehead atoms. The highest BCUT2D eigenvalue weighted by Gasteiger charge is 2.41. The van der Waals surface area contributed by atoms with Crippen molar-refractivity contribution in [2.24, 2.45) is 5.10 Å². The van der Waals surface area contributed by atoms with Crippen LogP contribution in [0.15, 0.2) is 71.8 Å². The fourth-order valence-electron chi connectivity index (χ4n) is 5.16. The molecule has 6 heteroatoms. The van der Waals surface area contributed by atoms with E-state index < -0.39 is 0 Å². The maximum absolute atomic E-state index is 6.51. The van der Waals surface area contributed by atoms with E-state index in [-0.39, 0.29) is 12.3 Å². The van der Waals surface area contributed by atoms with E-state index in [4.69, 9.17) is 30.9 Å². The average molecular weight is 533 g/mol. The third-order valence-electron chi connectivity index (χ3n) is 7.18. The standard InChI is InChI=1S/C32H37ClN2O3/c1-3-5-6-7-8-9-20-37-27-17-12-24(13-18-27)32-35-30(28-21-25(33)14-19-31(28)38-32)22-29(34-35)23-10-15-26(16-11-23)36-4-2/h10-19,21,30,32H,3-9,20,22H2,1-2H3/t30-,32+/m1/s1. The van der Waals surface area contributed by atoms with Crippen molar-refractivity contribution in [2.45, 2.75) is 71.1 Å². The van der Waals surface area contributed by atoms with Crippen LogP contribution in [0, 0.1) is 0 Å². The number of halogens is 1. The minimum absolute atomic E-state index is 0.0488. The lowest BCUT2D eigenvalue weighted by Crippen LogP contribution is -2.33. The minimum Gasteiger partial charge on any atom is -0.494 e. The van der Waals surface area contributed by atoms with Crippen LogP contribution in [0.25, 0.3) is 0 Å². The van der Waals surface area contributed by atoms with Gasteiger partial charge in [-0.3, -0.25) is 0 Å². The van der Waals surface area contributed by atoms with Crippen LogP contribution in [0.4, 0.5) is 0 Å². The summed E-state index contributed by atoms with van der Waals surface area (Å²) in [6.07, 6.45) is 7.98. The van der Waals surface area contributed by atoms with Gasteiger partial charge in [0.25, 0.3) is 0 Å². The molecule has 0 radical (unpaired) electrons. The Bertz CT molecular complexity index is 1230. The summed E-state index contributed by atoms with van der Waals surface area (Å²) in [5.74, 6) is 2.61. The fraction of sp³-hybridized carbons (Fsp3) is 0.406. The molecular weight excluding hydrogens is 496 g/mol. The number of benzene rings is 3. The van der Waals surface area contributed by atoms with Crippen LogP contribution >= 0.6 is 11.6 Å². The molecule has 0 saturated carbocycles. The summed E-state index contributed by atoms with van der Waals surface area (Å²) in [5.41, 5.74) is 4.22. The highest BCUT2D eigenvalue weighted by atomic mass is 35.5. The SMILES string of the molecule is CCCCCCCCOc1ccc([C@@H]2Oc3ccc(Cl)cc3[C@H]3CC(c4ccc(OCC)cc4)=NN32)cc1.